The normalized spacial score (nSPS) is 22.3. The first kappa shape index (κ1) is 31.7. The van der Waals surface area contributed by atoms with Gasteiger partial charge < -0.3 is 48.4 Å². The van der Waals surface area contributed by atoms with Crippen LogP contribution in [0.2, 0.25) is 10.0 Å². The Morgan fingerprint density at radius 3 is 1.95 bits per heavy atom. The summed E-state index contributed by atoms with van der Waals surface area (Å²) in [4.78, 5) is 45.0. The Morgan fingerprint density at radius 2 is 1.43 bits per heavy atom. The molecule has 5 rings (SSSR count). The molecule has 4 heterocycles. The van der Waals surface area contributed by atoms with Gasteiger partial charge in [-0.1, -0.05) is 23.2 Å². The fraction of sp³-hybridized carbons (Fsp3) is 0.400. The Bertz CT molecular complexity index is 1430. The van der Waals surface area contributed by atoms with E-state index in [0.717, 1.165) is 0 Å². The lowest BCUT2D eigenvalue weighted by atomic mass is 10.0. The molecule has 11 N–H and O–H groups in total. The smallest absolute Gasteiger partial charge is 0.261 e. The first-order valence-electron chi connectivity index (χ1n) is 13.1. The van der Waals surface area contributed by atoms with Gasteiger partial charge in [0.25, 0.3) is 11.5 Å². The van der Waals surface area contributed by atoms with Crippen LogP contribution >= 0.6 is 35.6 Å². The van der Waals surface area contributed by atoms with Crippen molar-refractivity contribution in [2.75, 3.05) is 46.6 Å². The summed E-state index contributed by atoms with van der Waals surface area (Å²) in [6, 6.07) is 5.70. The highest BCUT2D eigenvalue weighted by molar-refractivity contribution is 6.34. The third-order valence-electron chi connectivity index (χ3n) is 6.79. The van der Waals surface area contributed by atoms with Crippen molar-refractivity contribution in [3.05, 3.63) is 56.4 Å². The molecule has 2 fully saturated rings. The van der Waals surface area contributed by atoms with E-state index in [4.69, 9.17) is 51.1 Å². The minimum atomic E-state index is -0.654. The topological polar surface area (TPSA) is 223 Å². The van der Waals surface area contributed by atoms with Crippen molar-refractivity contribution >= 4 is 70.7 Å². The molecule has 14 nitrogen and oxygen atoms in total. The predicted molar refractivity (Wildman–Crippen MR) is 167 cm³/mol. The molecule has 0 bridgehead atoms. The van der Waals surface area contributed by atoms with Gasteiger partial charge in [-0.25, -0.2) is 0 Å². The maximum absolute atomic E-state index is 12.6. The second-order valence-electron chi connectivity index (χ2n) is 10.4. The standard InChI is InChI=1S/C25H32Cl2N12O2.ClH/c26-12-3-18(21(40)32-7-12)22(41)34-20-2-1-17(6-19(20)27)33-23-35-24(38-8-13(28)4-14(29)9-38)37-25(36-23)39-10-15(30)5-16(31)11-39;/h1-3,6-7,13-16H,4-5,8-11,28-31H2,(H,32,40)(H,34,41)(H,33,35,36,37);1H/t13-,14+,15-,16+;. The lowest BCUT2D eigenvalue weighted by molar-refractivity contribution is 0.102. The van der Waals surface area contributed by atoms with Crippen molar-refractivity contribution in [2.45, 2.75) is 37.0 Å². The molecular weight excluding hydrogens is 607 g/mol. The zero-order chi connectivity index (χ0) is 29.3. The Kier molecular flexibility index (Phi) is 10.1. The van der Waals surface area contributed by atoms with E-state index in [1.54, 1.807) is 18.2 Å². The maximum atomic E-state index is 12.6. The number of aromatic nitrogens is 4. The van der Waals surface area contributed by atoms with Gasteiger partial charge in [-0.2, -0.15) is 15.0 Å². The van der Waals surface area contributed by atoms with Crippen molar-refractivity contribution in [1.29, 1.82) is 0 Å². The fourth-order valence-electron chi connectivity index (χ4n) is 5.02. The summed E-state index contributed by atoms with van der Waals surface area (Å²) in [6.07, 6.45) is 2.72. The first-order chi connectivity index (χ1) is 19.5. The summed E-state index contributed by atoms with van der Waals surface area (Å²) < 4.78 is 0. The van der Waals surface area contributed by atoms with Crippen molar-refractivity contribution in [3.8, 4) is 0 Å². The number of H-pyrrole nitrogens is 1. The second kappa shape index (κ2) is 13.4. The Balaban J connectivity index is 0.00000405. The number of halogens is 3. The number of rotatable bonds is 6. The largest absolute Gasteiger partial charge is 0.338 e. The van der Waals surface area contributed by atoms with E-state index in [2.05, 4.69) is 25.6 Å². The van der Waals surface area contributed by atoms with Crippen LogP contribution < -0.4 is 48.9 Å². The monoisotopic (exact) mass is 638 g/mol. The number of pyridine rings is 1. The highest BCUT2D eigenvalue weighted by Gasteiger charge is 2.29. The van der Waals surface area contributed by atoms with Crippen molar-refractivity contribution in [2.24, 2.45) is 22.9 Å². The number of carbonyl (C=O) groups excluding carboxylic acids is 1. The van der Waals surface area contributed by atoms with Crippen LogP contribution in [0.3, 0.4) is 0 Å². The van der Waals surface area contributed by atoms with Crippen LogP contribution in [0.4, 0.5) is 29.2 Å². The van der Waals surface area contributed by atoms with E-state index < -0.39 is 11.5 Å². The van der Waals surface area contributed by atoms with E-state index in [-0.39, 0.29) is 58.1 Å². The number of carbonyl (C=O) groups is 1. The molecule has 0 saturated carbocycles. The molecule has 4 atom stereocenters. The quantitative estimate of drug-likeness (QED) is 0.201. The van der Waals surface area contributed by atoms with Crippen LogP contribution in [0.25, 0.3) is 0 Å². The van der Waals surface area contributed by atoms with Crippen LogP contribution in [0.15, 0.2) is 35.3 Å². The minimum Gasteiger partial charge on any atom is -0.338 e. The van der Waals surface area contributed by atoms with Gasteiger partial charge in [0.05, 0.1) is 15.7 Å². The van der Waals surface area contributed by atoms with Crippen LogP contribution in [0.1, 0.15) is 23.2 Å². The molecule has 2 saturated heterocycles. The van der Waals surface area contributed by atoms with E-state index in [1.807, 2.05) is 9.80 Å². The molecule has 17 heteroatoms. The lowest BCUT2D eigenvalue weighted by Gasteiger charge is -2.37. The molecule has 3 aromatic rings. The zero-order valence-corrected chi connectivity index (χ0v) is 24.8. The number of amides is 1. The molecule has 2 aromatic heterocycles. The highest BCUT2D eigenvalue weighted by atomic mass is 35.5. The third-order valence-corrected chi connectivity index (χ3v) is 7.33. The summed E-state index contributed by atoms with van der Waals surface area (Å²) in [5, 5.41) is 6.23. The number of nitrogens with one attached hydrogen (secondary N) is 3. The van der Waals surface area contributed by atoms with Crippen LogP contribution in [0, 0.1) is 0 Å². The first-order valence-corrected chi connectivity index (χ1v) is 13.8. The van der Waals surface area contributed by atoms with Gasteiger partial charge in [0.2, 0.25) is 17.8 Å². The number of nitrogens with zero attached hydrogens (tertiary/aromatic N) is 5. The van der Waals surface area contributed by atoms with Crippen molar-refractivity contribution in [1.82, 2.24) is 19.9 Å². The van der Waals surface area contributed by atoms with Gasteiger partial charge in [-0.15, -0.1) is 12.4 Å². The van der Waals surface area contributed by atoms with Gasteiger partial charge in [-0.05, 0) is 37.1 Å². The number of piperidine rings is 2. The summed E-state index contributed by atoms with van der Waals surface area (Å²) in [7, 11) is 0. The average Bonchev–Trinajstić information content (AvgIpc) is 2.90. The van der Waals surface area contributed by atoms with Gasteiger partial charge in [0, 0.05) is 62.2 Å². The van der Waals surface area contributed by atoms with E-state index in [0.29, 0.717) is 62.3 Å². The molecule has 2 aliphatic heterocycles. The molecule has 0 spiro atoms. The van der Waals surface area contributed by atoms with E-state index in [9.17, 15) is 9.59 Å². The van der Waals surface area contributed by atoms with Crippen molar-refractivity contribution < 1.29 is 4.79 Å². The van der Waals surface area contributed by atoms with Gasteiger partial charge in [0.15, 0.2) is 0 Å². The zero-order valence-electron chi connectivity index (χ0n) is 22.5. The SMILES string of the molecule is Cl.N[C@@H]1C[C@H](N)CN(c2nc(Nc3ccc(NC(=O)c4cc(Cl)c[nH]c4=O)c(Cl)c3)nc(N3C[C@H](N)C[C@H](N)C3)n2)C1. The third kappa shape index (κ3) is 7.58. The second-order valence-corrected chi connectivity index (χ2v) is 11.3. The lowest BCUT2D eigenvalue weighted by Crippen LogP contribution is -2.54. The number of nitrogens with two attached hydrogens (primary N) is 4. The summed E-state index contributed by atoms with van der Waals surface area (Å²) in [5.41, 5.74) is 25.0. The van der Waals surface area contributed by atoms with Gasteiger partial charge in [-0.3, -0.25) is 9.59 Å². The number of benzene rings is 1. The fourth-order valence-corrected chi connectivity index (χ4v) is 5.41. The van der Waals surface area contributed by atoms with Gasteiger partial charge in [0.1, 0.15) is 5.56 Å². The molecule has 0 radical (unpaired) electrons. The number of anilines is 5. The van der Waals surface area contributed by atoms with Crippen molar-refractivity contribution in [3.63, 3.8) is 0 Å². The molecule has 226 valence electrons. The summed E-state index contributed by atoms with van der Waals surface area (Å²) in [6.45, 7) is 2.19. The Hall–Kier alpha value is -3.24. The maximum Gasteiger partial charge on any atom is 0.261 e. The minimum absolute atomic E-state index is 0. The Labute approximate surface area is 257 Å². The highest BCUT2D eigenvalue weighted by Crippen LogP contribution is 2.29. The molecule has 1 aromatic carbocycles. The van der Waals surface area contributed by atoms with Crippen LogP contribution in [-0.4, -0.2) is 76.2 Å². The number of hydrogen-bond donors (Lipinski definition) is 7. The Morgan fingerprint density at radius 1 is 0.881 bits per heavy atom. The van der Waals surface area contributed by atoms with E-state index in [1.165, 1.54) is 12.3 Å². The van der Waals surface area contributed by atoms with Crippen LogP contribution in [-0.2, 0) is 0 Å². The average molecular weight is 640 g/mol. The summed E-state index contributed by atoms with van der Waals surface area (Å²) in [5.74, 6) is 0.470. The molecule has 42 heavy (non-hydrogen) atoms. The number of aromatic amines is 1. The molecule has 2 aliphatic rings. The van der Waals surface area contributed by atoms with Crippen LogP contribution in [0.5, 0.6) is 0 Å². The van der Waals surface area contributed by atoms with Gasteiger partial charge >= 0.3 is 0 Å². The predicted octanol–water partition coefficient (Wildman–Crippen LogP) is 1.01. The molecule has 1 amide bonds. The van der Waals surface area contributed by atoms with E-state index >= 15 is 0 Å². The number of hydrogen-bond acceptors (Lipinski definition) is 12. The molecule has 0 unspecified atom stereocenters. The molecular formula is C25H33Cl3N12O2. The molecule has 0 aliphatic carbocycles. The summed E-state index contributed by atoms with van der Waals surface area (Å²) >= 11 is 12.4.